The fraction of sp³-hybridized carbons (Fsp3) is 0.500. The van der Waals surface area contributed by atoms with Gasteiger partial charge in [0.05, 0.1) is 5.88 Å². The average molecular weight is 79.5 g/mol. The van der Waals surface area contributed by atoms with Crippen molar-refractivity contribution < 1.29 is 6.17 Å². The monoisotopic (exact) mass is 79.0 g/mol. The van der Waals surface area contributed by atoms with Crippen molar-refractivity contribution in [3.63, 3.8) is 0 Å². The Morgan fingerprint density at radius 3 is 2.75 bits per heavy atom. The second-order valence-corrected chi connectivity index (χ2v) is 0.545. The van der Waals surface area contributed by atoms with Crippen LogP contribution in [-0.2, 0) is 4.79 Å². The van der Waals surface area contributed by atoms with Gasteiger partial charge >= 0.3 is 0 Å². The molecule has 0 bridgehead atoms. The third-order valence-electron chi connectivity index (χ3n) is 0.0546. The Labute approximate surface area is 31.0 Å². The summed E-state index contributed by atoms with van der Waals surface area (Å²) in [7, 11) is 0. The SMILES string of the molecule is [2H]C(=O)CCl. The number of hydrogen-bond acceptors (Lipinski definition) is 1. The van der Waals surface area contributed by atoms with Gasteiger partial charge in [0.1, 0.15) is 7.63 Å². The lowest BCUT2D eigenvalue weighted by molar-refractivity contribution is -0.105. The maximum atomic E-state index is 9.35. The smallest absolute Gasteiger partial charge is 0.134 e. The number of hydrogen-bond donors (Lipinski definition) is 0. The molecule has 0 aromatic carbocycles. The second-order valence-electron chi connectivity index (χ2n) is 0.278. The summed E-state index contributed by atoms with van der Waals surface area (Å²) in [5, 5.41) is 0. The molecule has 0 saturated heterocycles. The minimum absolute atomic E-state index is 0.194. The van der Waals surface area contributed by atoms with E-state index < -0.39 is 6.26 Å². The highest BCUT2D eigenvalue weighted by atomic mass is 35.5. The predicted octanol–water partition coefficient (Wildman–Crippen LogP) is 0.424. The average Bonchev–Trinajstić information content (AvgIpc) is 1.38. The molecule has 0 atom stereocenters. The van der Waals surface area contributed by atoms with E-state index in [0.29, 0.717) is 0 Å². The summed E-state index contributed by atoms with van der Waals surface area (Å²) in [5.74, 6) is -0.194. The van der Waals surface area contributed by atoms with E-state index in [1.807, 2.05) is 0 Å². The molecule has 0 saturated carbocycles. The minimum atomic E-state index is -0.730. The van der Waals surface area contributed by atoms with E-state index in [-0.39, 0.29) is 5.88 Å². The fourth-order valence-corrected chi connectivity index (χ4v) is 0. The van der Waals surface area contributed by atoms with E-state index in [4.69, 9.17) is 13.0 Å². The van der Waals surface area contributed by atoms with Gasteiger partial charge in [-0.1, -0.05) is 0 Å². The van der Waals surface area contributed by atoms with Gasteiger partial charge < -0.3 is 4.79 Å². The molecule has 0 fully saturated rings. The van der Waals surface area contributed by atoms with Crippen LogP contribution < -0.4 is 0 Å². The van der Waals surface area contributed by atoms with Crippen LogP contribution in [-0.4, -0.2) is 12.1 Å². The molecule has 0 radical (unpaired) electrons. The summed E-state index contributed by atoms with van der Waals surface area (Å²) in [4.78, 5) is 9.35. The van der Waals surface area contributed by atoms with Crippen molar-refractivity contribution in [2.75, 3.05) is 5.88 Å². The molecular weight excluding hydrogens is 75.5 g/mol. The summed E-state index contributed by atoms with van der Waals surface area (Å²) >= 11 is 4.80. The summed E-state index contributed by atoms with van der Waals surface area (Å²) < 4.78 is 6.06. The van der Waals surface area contributed by atoms with Crippen LogP contribution in [0, 0.1) is 0 Å². The Morgan fingerprint density at radius 2 is 2.75 bits per heavy atom. The molecule has 0 heterocycles. The van der Waals surface area contributed by atoms with E-state index in [0.717, 1.165) is 0 Å². The Kier molecular flexibility index (Phi) is 1.64. The van der Waals surface area contributed by atoms with Crippen molar-refractivity contribution in [3.8, 4) is 0 Å². The van der Waals surface area contributed by atoms with Crippen molar-refractivity contribution >= 4 is 17.9 Å². The van der Waals surface area contributed by atoms with E-state index in [2.05, 4.69) is 0 Å². The third-order valence-corrected chi connectivity index (χ3v) is 0.164. The number of carbonyl (C=O) groups is 1. The number of halogens is 1. The van der Waals surface area contributed by atoms with Crippen LogP contribution in [0.1, 0.15) is 1.37 Å². The van der Waals surface area contributed by atoms with E-state index in [9.17, 15) is 4.79 Å². The molecule has 0 aliphatic heterocycles. The molecule has 4 heavy (non-hydrogen) atoms. The van der Waals surface area contributed by atoms with Gasteiger partial charge in [-0.25, -0.2) is 0 Å². The van der Waals surface area contributed by atoms with Gasteiger partial charge in [0.2, 0.25) is 0 Å². The zero-order valence-corrected chi connectivity index (χ0v) is 2.75. The number of alkyl halides is 1. The van der Waals surface area contributed by atoms with Gasteiger partial charge in [-0.05, 0) is 0 Å². The lowest BCUT2D eigenvalue weighted by atomic mass is 10.9. The predicted molar refractivity (Wildman–Crippen MR) is 16.8 cm³/mol. The lowest BCUT2D eigenvalue weighted by Crippen LogP contribution is -1.63. The summed E-state index contributed by atoms with van der Waals surface area (Å²) in [6.07, 6.45) is -0.730. The molecule has 0 N–H and O–H groups in total. The zero-order valence-electron chi connectivity index (χ0n) is 2.99. The first-order chi connectivity index (χ1) is 2.27. The zero-order chi connectivity index (χ0) is 4.28. The second kappa shape index (κ2) is 2.96. The first-order valence-electron chi connectivity index (χ1n) is 1.32. The third kappa shape index (κ3) is 1.96. The Morgan fingerprint density at radius 1 is 2.50 bits per heavy atom. The van der Waals surface area contributed by atoms with Crippen LogP contribution in [0.3, 0.4) is 0 Å². The molecule has 0 aliphatic carbocycles. The molecule has 0 aromatic rings. The molecule has 0 aromatic heterocycles. The molecule has 2 heteroatoms. The molecule has 0 rings (SSSR count). The van der Waals surface area contributed by atoms with Crippen LogP contribution in [0.2, 0.25) is 0 Å². The van der Waals surface area contributed by atoms with Crippen LogP contribution in [0.25, 0.3) is 0 Å². The van der Waals surface area contributed by atoms with Gasteiger partial charge in [0, 0.05) is 0 Å². The van der Waals surface area contributed by atoms with E-state index >= 15 is 0 Å². The van der Waals surface area contributed by atoms with Crippen molar-refractivity contribution in [2.24, 2.45) is 0 Å². The Bertz CT molecular complexity index is 44.9. The topological polar surface area (TPSA) is 17.1 Å². The first kappa shape index (κ1) is 2.21. The summed E-state index contributed by atoms with van der Waals surface area (Å²) in [6, 6.07) is 0. The quantitative estimate of drug-likeness (QED) is 0.329. The summed E-state index contributed by atoms with van der Waals surface area (Å²) in [6.45, 7) is 0. The molecule has 0 unspecified atom stereocenters. The van der Waals surface area contributed by atoms with Crippen LogP contribution >= 0.6 is 11.6 Å². The number of carbonyl (C=O) groups excluding carboxylic acids is 1. The molecule has 0 amide bonds. The van der Waals surface area contributed by atoms with E-state index in [1.54, 1.807) is 0 Å². The van der Waals surface area contributed by atoms with Crippen LogP contribution in [0.15, 0.2) is 0 Å². The maximum Gasteiger partial charge on any atom is 0.134 e. The molecule has 24 valence electrons. The van der Waals surface area contributed by atoms with Crippen LogP contribution in [0.4, 0.5) is 0 Å². The minimum Gasteiger partial charge on any atom is -0.302 e. The van der Waals surface area contributed by atoms with Crippen molar-refractivity contribution in [1.29, 1.82) is 0 Å². The fourth-order valence-electron chi connectivity index (χ4n) is 0. The molecule has 0 spiro atoms. The van der Waals surface area contributed by atoms with Gasteiger partial charge in [0.25, 0.3) is 0 Å². The normalized spacial score (nSPS) is 9.75. The highest BCUT2D eigenvalue weighted by Crippen LogP contribution is 1.57. The number of aldehydes is 1. The van der Waals surface area contributed by atoms with Gasteiger partial charge in [0.15, 0.2) is 0 Å². The summed E-state index contributed by atoms with van der Waals surface area (Å²) in [5.41, 5.74) is 0. The molecular formula is C2H3ClO. The van der Waals surface area contributed by atoms with Crippen LogP contribution in [0.5, 0.6) is 0 Å². The maximum absolute atomic E-state index is 9.35. The first-order valence-corrected chi connectivity index (χ1v) is 1.36. The highest BCUT2D eigenvalue weighted by Gasteiger charge is 1.55. The van der Waals surface area contributed by atoms with Crippen molar-refractivity contribution in [2.45, 2.75) is 0 Å². The van der Waals surface area contributed by atoms with Gasteiger partial charge in [-0.3, -0.25) is 0 Å². The standard InChI is InChI=1S/C2H3ClO/c3-1-2-4/h2H,1H2/i2D. The van der Waals surface area contributed by atoms with Gasteiger partial charge in [-0.15, -0.1) is 11.6 Å². The highest BCUT2D eigenvalue weighted by molar-refractivity contribution is 6.24. The Hall–Kier alpha value is -0.0400. The van der Waals surface area contributed by atoms with Crippen molar-refractivity contribution in [3.05, 3.63) is 0 Å². The number of rotatable bonds is 1. The largest absolute Gasteiger partial charge is 0.302 e. The lowest BCUT2D eigenvalue weighted by Gasteiger charge is -1.49. The Balaban J connectivity index is 2.85. The van der Waals surface area contributed by atoms with Gasteiger partial charge in [-0.2, -0.15) is 0 Å². The van der Waals surface area contributed by atoms with Crippen molar-refractivity contribution in [1.82, 2.24) is 0 Å². The molecule has 0 aliphatic rings. The molecule has 1 nitrogen and oxygen atoms in total. The van der Waals surface area contributed by atoms with E-state index in [1.165, 1.54) is 0 Å².